The Balaban J connectivity index is 1.60. The van der Waals surface area contributed by atoms with Crippen LogP contribution in [0.5, 0.6) is 0 Å². The number of nitrogens with two attached hydrogens (primary N) is 1. The molecular formula is C20H15ClN4O5S3. The van der Waals surface area contributed by atoms with Gasteiger partial charge in [0.25, 0.3) is 15.9 Å². The predicted molar refractivity (Wildman–Crippen MR) is 128 cm³/mol. The second-order valence-electron chi connectivity index (χ2n) is 6.75. The summed E-state index contributed by atoms with van der Waals surface area (Å²) in [5, 5.41) is 8.36. The van der Waals surface area contributed by atoms with Gasteiger partial charge < -0.3 is 0 Å². The van der Waals surface area contributed by atoms with Crippen molar-refractivity contribution < 1.29 is 21.6 Å². The molecule has 0 unspecified atom stereocenters. The van der Waals surface area contributed by atoms with Crippen LogP contribution in [0.2, 0.25) is 5.02 Å². The van der Waals surface area contributed by atoms with Crippen LogP contribution >= 0.6 is 22.9 Å². The molecular weight excluding hydrogens is 508 g/mol. The van der Waals surface area contributed by atoms with Gasteiger partial charge in [0.1, 0.15) is 0 Å². The van der Waals surface area contributed by atoms with Gasteiger partial charge in [0, 0.05) is 5.02 Å². The summed E-state index contributed by atoms with van der Waals surface area (Å²) < 4.78 is 51.5. The van der Waals surface area contributed by atoms with E-state index >= 15 is 0 Å². The zero-order chi connectivity index (χ0) is 23.8. The first-order valence-electron chi connectivity index (χ1n) is 9.15. The highest BCUT2D eigenvalue weighted by molar-refractivity contribution is 7.92. The van der Waals surface area contributed by atoms with Crippen molar-refractivity contribution in [2.24, 2.45) is 5.14 Å². The molecule has 0 spiro atoms. The van der Waals surface area contributed by atoms with Crippen LogP contribution < -0.4 is 15.2 Å². The molecule has 9 nitrogen and oxygen atoms in total. The zero-order valence-corrected chi connectivity index (χ0v) is 19.7. The zero-order valence-electron chi connectivity index (χ0n) is 16.5. The number of aromatic nitrogens is 1. The summed E-state index contributed by atoms with van der Waals surface area (Å²) in [5.74, 6) is -0.602. The molecule has 0 atom stereocenters. The first kappa shape index (κ1) is 23.1. The number of anilines is 2. The number of thiazole rings is 1. The Morgan fingerprint density at radius 1 is 0.939 bits per heavy atom. The third-order valence-electron chi connectivity index (χ3n) is 4.45. The third-order valence-corrected chi connectivity index (χ3v) is 7.93. The lowest BCUT2D eigenvalue weighted by Crippen LogP contribution is -2.18. The van der Waals surface area contributed by atoms with E-state index in [1.54, 1.807) is 12.1 Å². The number of primary sulfonamides is 1. The van der Waals surface area contributed by atoms with Gasteiger partial charge in [-0.2, -0.15) is 0 Å². The van der Waals surface area contributed by atoms with Crippen molar-refractivity contribution in [2.45, 2.75) is 9.79 Å². The maximum absolute atomic E-state index is 12.9. The fraction of sp³-hybridized carbons (Fsp3) is 0. The van der Waals surface area contributed by atoms with Gasteiger partial charge in [-0.1, -0.05) is 35.1 Å². The van der Waals surface area contributed by atoms with Crippen molar-refractivity contribution in [3.8, 4) is 0 Å². The number of sulfonamides is 2. The van der Waals surface area contributed by atoms with Crippen LogP contribution in [0, 0.1) is 0 Å². The SMILES string of the molecule is NS(=O)(=O)c1ccc2nc(NC(=O)c3ccccc3NS(=O)(=O)c3ccc(Cl)cc3)sc2c1. The molecule has 1 heterocycles. The molecule has 0 saturated heterocycles. The highest BCUT2D eigenvalue weighted by atomic mass is 35.5. The molecule has 170 valence electrons. The number of carbonyl (C=O) groups excluding carboxylic acids is 1. The van der Waals surface area contributed by atoms with Crippen molar-refractivity contribution >= 4 is 69.9 Å². The van der Waals surface area contributed by atoms with Crippen molar-refractivity contribution in [2.75, 3.05) is 10.0 Å². The number of rotatable bonds is 6. The third kappa shape index (κ3) is 5.15. The highest BCUT2D eigenvalue weighted by Gasteiger charge is 2.20. The lowest BCUT2D eigenvalue weighted by atomic mass is 10.2. The van der Waals surface area contributed by atoms with Crippen LogP contribution in [0.1, 0.15) is 10.4 Å². The van der Waals surface area contributed by atoms with Gasteiger partial charge in [0.05, 0.1) is 31.3 Å². The lowest BCUT2D eigenvalue weighted by molar-refractivity contribution is 0.102. The number of hydrogen-bond donors (Lipinski definition) is 3. The number of amides is 1. The minimum absolute atomic E-state index is 0.0149. The Hall–Kier alpha value is -3.03. The Morgan fingerprint density at radius 3 is 2.30 bits per heavy atom. The summed E-state index contributed by atoms with van der Waals surface area (Å²) in [7, 11) is -7.85. The number of hydrogen-bond acceptors (Lipinski definition) is 7. The number of carbonyl (C=O) groups is 1. The Bertz CT molecular complexity index is 1580. The van der Waals surface area contributed by atoms with E-state index in [0.29, 0.717) is 15.2 Å². The molecule has 13 heteroatoms. The summed E-state index contributed by atoms with van der Waals surface area (Å²) in [4.78, 5) is 17.1. The minimum atomic E-state index is -3.97. The summed E-state index contributed by atoms with van der Waals surface area (Å²) in [6.07, 6.45) is 0. The van der Waals surface area contributed by atoms with Gasteiger partial charge in [-0.3, -0.25) is 14.8 Å². The second kappa shape index (κ2) is 8.72. The monoisotopic (exact) mass is 522 g/mol. The lowest BCUT2D eigenvalue weighted by Gasteiger charge is -2.12. The minimum Gasteiger partial charge on any atom is -0.298 e. The summed E-state index contributed by atoms with van der Waals surface area (Å²) in [6.45, 7) is 0. The van der Waals surface area contributed by atoms with E-state index in [0.717, 1.165) is 11.3 Å². The maximum Gasteiger partial charge on any atom is 0.261 e. The smallest absolute Gasteiger partial charge is 0.261 e. The fourth-order valence-corrected chi connectivity index (χ4v) is 5.61. The van der Waals surface area contributed by atoms with E-state index < -0.39 is 26.0 Å². The van der Waals surface area contributed by atoms with Crippen LogP contribution in [-0.2, 0) is 20.0 Å². The van der Waals surface area contributed by atoms with E-state index in [1.807, 2.05) is 0 Å². The summed E-state index contributed by atoms with van der Waals surface area (Å²) in [5.41, 5.74) is 0.613. The number of nitrogens with one attached hydrogen (secondary N) is 2. The Morgan fingerprint density at radius 2 is 1.61 bits per heavy atom. The normalized spacial score (nSPS) is 11.9. The topological polar surface area (TPSA) is 148 Å². The maximum atomic E-state index is 12.9. The molecule has 4 rings (SSSR count). The first-order valence-corrected chi connectivity index (χ1v) is 13.4. The number of para-hydroxylation sites is 1. The molecule has 0 bridgehead atoms. The molecule has 0 aliphatic rings. The van der Waals surface area contributed by atoms with Crippen LogP contribution in [0.15, 0.2) is 76.5 Å². The molecule has 33 heavy (non-hydrogen) atoms. The van der Waals surface area contributed by atoms with Gasteiger partial charge in [0.2, 0.25) is 10.0 Å². The van der Waals surface area contributed by atoms with Crippen molar-refractivity contribution in [1.29, 1.82) is 0 Å². The molecule has 0 radical (unpaired) electrons. The van der Waals surface area contributed by atoms with Crippen molar-refractivity contribution in [1.82, 2.24) is 4.98 Å². The van der Waals surface area contributed by atoms with Gasteiger partial charge in [-0.25, -0.2) is 27.0 Å². The van der Waals surface area contributed by atoms with Crippen LogP contribution in [-0.4, -0.2) is 27.7 Å². The Labute approximate surface area is 198 Å². The standard InChI is InChI=1S/C20H15ClN4O5S3/c21-12-5-7-13(8-6-12)33(29,30)25-16-4-2-1-3-15(16)19(26)24-20-23-17-10-9-14(32(22,27)28)11-18(17)31-20/h1-11,25H,(H2,22,27,28)(H,23,24,26). The van der Waals surface area contributed by atoms with Gasteiger partial charge in [-0.15, -0.1) is 0 Å². The predicted octanol–water partition coefficient (Wildman–Crippen LogP) is 3.65. The van der Waals surface area contributed by atoms with Gasteiger partial charge in [0.15, 0.2) is 5.13 Å². The average Bonchev–Trinajstić information content (AvgIpc) is 3.15. The molecule has 4 N–H and O–H groups in total. The van der Waals surface area contributed by atoms with Gasteiger partial charge >= 0.3 is 0 Å². The van der Waals surface area contributed by atoms with E-state index in [2.05, 4.69) is 15.0 Å². The number of benzene rings is 3. The van der Waals surface area contributed by atoms with Crippen LogP contribution in [0.4, 0.5) is 10.8 Å². The number of halogens is 1. The van der Waals surface area contributed by atoms with E-state index in [-0.39, 0.29) is 26.2 Å². The average molecular weight is 523 g/mol. The molecule has 0 saturated carbocycles. The van der Waals surface area contributed by atoms with Crippen molar-refractivity contribution in [3.63, 3.8) is 0 Å². The molecule has 3 aromatic carbocycles. The molecule has 0 aliphatic heterocycles. The van der Waals surface area contributed by atoms with Crippen LogP contribution in [0.25, 0.3) is 10.2 Å². The molecule has 4 aromatic rings. The number of fused-ring (bicyclic) bond motifs is 1. The van der Waals surface area contributed by atoms with E-state index in [9.17, 15) is 21.6 Å². The second-order valence-corrected chi connectivity index (χ2v) is 11.5. The quantitative estimate of drug-likeness (QED) is 0.352. The molecule has 0 aliphatic carbocycles. The van der Waals surface area contributed by atoms with E-state index in [4.69, 9.17) is 16.7 Å². The largest absolute Gasteiger partial charge is 0.298 e. The molecule has 1 amide bonds. The summed E-state index contributed by atoms with van der Waals surface area (Å²) in [6, 6.07) is 15.9. The van der Waals surface area contributed by atoms with Crippen molar-refractivity contribution in [3.05, 3.63) is 77.3 Å². The fourth-order valence-electron chi connectivity index (χ4n) is 2.89. The Kier molecular flexibility index (Phi) is 6.12. The number of nitrogens with zero attached hydrogens (tertiary/aromatic N) is 1. The molecule has 1 aromatic heterocycles. The molecule has 0 fully saturated rings. The summed E-state index contributed by atoms with van der Waals surface area (Å²) >= 11 is 6.87. The first-order chi connectivity index (χ1) is 15.5. The van der Waals surface area contributed by atoms with E-state index in [1.165, 1.54) is 54.6 Å². The van der Waals surface area contributed by atoms with Gasteiger partial charge in [-0.05, 0) is 54.6 Å². The van der Waals surface area contributed by atoms with Crippen LogP contribution in [0.3, 0.4) is 0 Å². The highest BCUT2D eigenvalue weighted by Crippen LogP contribution is 2.29.